The van der Waals surface area contributed by atoms with Crippen molar-refractivity contribution in [3.8, 4) is 5.75 Å². The lowest BCUT2D eigenvalue weighted by Crippen LogP contribution is -2.33. The van der Waals surface area contributed by atoms with E-state index in [4.69, 9.17) is 9.88 Å². The predicted octanol–water partition coefficient (Wildman–Crippen LogP) is 0.890. The van der Waals surface area contributed by atoms with E-state index in [2.05, 4.69) is 15.9 Å². The number of likely N-dealkylation sites (tertiary alicyclic amines) is 1. The summed E-state index contributed by atoms with van der Waals surface area (Å²) in [6.45, 7) is 0.651. The molecule has 6 nitrogen and oxygen atoms in total. The Bertz CT molecular complexity index is 648. The number of carbonyl (C=O) groups is 1. The second-order valence-electron chi connectivity index (χ2n) is 4.97. The molecular formula is C13H17BrN2O4S. The fourth-order valence-electron chi connectivity index (χ4n) is 2.30. The number of hydrogen-bond acceptors (Lipinski definition) is 4. The minimum Gasteiger partial charge on any atom is -0.496 e. The zero-order valence-corrected chi connectivity index (χ0v) is 14.0. The molecule has 1 aromatic rings. The quantitative estimate of drug-likeness (QED) is 0.825. The van der Waals surface area contributed by atoms with E-state index < -0.39 is 15.3 Å². The highest BCUT2D eigenvalue weighted by molar-refractivity contribution is 9.10. The summed E-state index contributed by atoms with van der Waals surface area (Å²) in [4.78, 5) is 13.3. The van der Waals surface area contributed by atoms with Gasteiger partial charge in [-0.25, -0.2) is 13.6 Å². The topological polar surface area (TPSA) is 89.7 Å². The molecule has 8 heteroatoms. The molecule has 1 atom stereocenters. The van der Waals surface area contributed by atoms with Crippen molar-refractivity contribution in [1.29, 1.82) is 0 Å². The van der Waals surface area contributed by atoms with E-state index in [1.807, 2.05) is 18.2 Å². The average Bonchev–Trinajstić information content (AvgIpc) is 2.78. The van der Waals surface area contributed by atoms with Crippen LogP contribution in [0.2, 0.25) is 0 Å². The van der Waals surface area contributed by atoms with Gasteiger partial charge in [0.1, 0.15) is 11.0 Å². The van der Waals surface area contributed by atoms with E-state index >= 15 is 0 Å². The molecule has 1 amide bonds. The van der Waals surface area contributed by atoms with Gasteiger partial charge in [0.05, 0.1) is 11.6 Å². The van der Waals surface area contributed by atoms with Gasteiger partial charge in [0.15, 0.2) is 0 Å². The highest BCUT2D eigenvalue weighted by Crippen LogP contribution is 2.26. The van der Waals surface area contributed by atoms with Crippen molar-refractivity contribution in [2.75, 3.05) is 20.2 Å². The van der Waals surface area contributed by atoms with Crippen molar-refractivity contribution >= 4 is 31.9 Å². The molecule has 1 unspecified atom stereocenters. The smallest absolute Gasteiger partial charge is 0.224 e. The van der Waals surface area contributed by atoms with Crippen LogP contribution in [0.15, 0.2) is 22.7 Å². The number of primary sulfonamides is 1. The van der Waals surface area contributed by atoms with E-state index in [9.17, 15) is 13.2 Å². The molecule has 0 aliphatic carbocycles. The zero-order chi connectivity index (χ0) is 15.6. The second kappa shape index (κ2) is 6.33. The Kier molecular flexibility index (Phi) is 4.90. The number of rotatable bonds is 5. The lowest BCUT2D eigenvalue weighted by molar-refractivity contribution is -0.127. The maximum Gasteiger partial charge on any atom is 0.224 e. The van der Waals surface area contributed by atoms with Crippen LogP contribution in [0.25, 0.3) is 0 Å². The van der Waals surface area contributed by atoms with Gasteiger partial charge in [0.25, 0.3) is 0 Å². The third kappa shape index (κ3) is 3.96. The molecule has 1 heterocycles. The molecule has 1 aliphatic heterocycles. The first-order valence-electron chi connectivity index (χ1n) is 6.43. The molecule has 0 aromatic heterocycles. The van der Waals surface area contributed by atoms with E-state index in [0.29, 0.717) is 13.0 Å². The third-order valence-electron chi connectivity index (χ3n) is 3.53. The number of benzene rings is 1. The van der Waals surface area contributed by atoms with Crippen LogP contribution in [0.5, 0.6) is 5.75 Å². The standard InChI is InChI=1S/C13H17BrN2O4S/c1-20-12-3-2-9(6-11(12)14)4-5-16-8-10(7-13(16)17)21(15,18)19/h2-3,6,10H,4-5,7-8H2,1H3,(H2,15,18,19). The van der Waals surface area contributed by atoms with Crippen LogP contribution >= 0.6 is 15.9 Å². The molecule has 1 saturated heterocycles. The van der Waals surface area contributed by atoms with Crippen LogP contribution in [0, 0.1) is 0 Å². The summed E-state index contributed by atoms with van der Waals surface area (Å²) in [5, 5.41) is 4.31. The van der Waals surface area contributed by atoms with Crippen LogP contribution in [0.1, 0.15) is 12.0 Å². The van der Waals surface area contributed by atoms with Gasteiger partial charge in [-0.2, -0.15) is 0 Å². The molecule has 21 heavy (non-hydrogen) atoms. The zero-order valence-electron chi connectivity index (χ0n) is 11.6. The average molecular weight is 377 g/mol. The minimum absolute atomic E-state index is 0.0227. The molecular weight excluding hydrogens is 360 g/mol. The van der Waals surface area contributed by atoms with Gasteiger partial charge in [0, 0.05) is 19.5 Å². The molecule has 0 radical (unpaired) electrons. The number of carbonyl (C=O) groups excluding carboxylic acids is 1. The van der Waals surface area contributed by atoms with Gasteiger partial charge in [-0.3, -0.25) is 4.79 Å². The summed E-state index contributed by atoms with van der Waals surface area (Å²) in [6, 6.07) is 5.69. The maximum atomic E-state index is 11.8. The molecule has 116 valence electrons. The molecule has 1 aromatic carbocycles. The molecule has 0 spiro atoms. The van der Waals surface area contributed by atoms with E-state index in [-0.39, 0.29) is 18.9 Å². The molecule has 1 fully saturated rings. The van der Waals surface area contributed by atoms with Gasteiger partial charge < -0.3 is 9.64 Å². The highest BCUT2D eigenvalue weighted by atomic mass is 79.9. The lowest BCUT2D eigenvalue weighted by atomic mass is 10.1. The first kappa shape index (κ1) is 16.3. The van der Waals surface area contributed by atoms with Crippen molar-refractivity contribution in [3.05, 3.63) is 28.2 Å². The number of amides is 1. The molecule has 2 rings (SSSR count). The van der Waals surface area contributed by atoms with Gasteiger partial charge >= 0.3 is 0 Å². The van der Waals surface area contributed by atoms with Gasteiger partial charge in [-0.05, 0) is 40.0 Å². The number of halogens is 1. The Morgan fingerprint density at radius 1 is 1.48 bits per heavy atom. The van der Waals surface area contributed by atoms with Crippen molar-refractivity contribution in [2.45, 2.75) is 18.1 Å². The van der Waals surface area contributed by atoms with Gasteiger partial charge in [0.2, 0.25) is 15.9 Å². The van der Waals surface area contributed by atoms with Crippen LogP contribution in [-0.2, 0) is 21.2 Å². The molecule has 1 aliphatic rings. The van der Waals surface area contributed by atoms with Crippen molar-refractivity contribution in [1.82, 2.24) is 4.90 Å². The SMILES string of the molecule is COc1ccc(CCN2CC(S(N)(=O)=O)CC2=O)cc1Br. The highest BCUT2D eigenvalue weighted by Gasteiger charge is 2.35. The summed E-state index contributed by atoms with van der Waals surface area (Å²) in [6.07, 6.45) is 0.622. The number of methoxy groups -OCH3 is 1. The summed E-state index contributed by atoms with van der Waals surface area (Å²) in [5.41, 5.74) is 1.04. The number of hydrogen-bond donors (Lipinski definition) is 1. The summed E-state index contributed by atoms with van der Waals surface area (Å²) < 4.78 is 28.6. The van der Waals surface area contributed by atoms with Crippen molar-refractivity contribution < 1.29 is 17.9 Å². The maximum absolute atomic E-state index is 11.8. The van der Waals surface area contributed by atoms with Crippen LogP contribution in [0.3, 0.4) is 0 Å². The minimum atomic E-state index is -3.65. The predicted molar refractivity (Wildman–Crippen MR) is 82.5 cm³/mol. The molecule has 0 saturated carbocycles. The second-order valence-corrected chi connectivity index (χ2v) is 7.67. The lowest BCUT2D eigenvalue weighted by Gasteiger charge is -2.16. The van der Waals surface area contributed by atoms with E-state index in [0.717, 1.165) is 15.8 Å². The van der Waals surface area contributed by atoms with Crippen molar-refractivity contribution in [2.24, 2.45) is 5.14 Å². The summed E-state index contributed by atoms with van der Waals surface area (Å²) in [5.74, 6) is 0.576. The normalized spacial score (nSPS) is 19.1. The van der Waals surface area contributed by atoms with E-state index in [1.165, 1.54) is 0 Å². The molecule has 0 bridgehead atoms. The number of nitrogens with two attached hydrogens (primary N) is 1. The van der Waals surface area contributed by atoms with Gasteiger partial charge in [-0.1, -0.05) is 6.07 Å². The van der Waals surface area contributed by atoms with E-state index in [1.54, 1.807) is 12.0 Å². The van der Waals surface area contributed by atoms with Crippen LogP contribution in [-0.4, -0.2) is 44.7 Å². The first-order valence-corrected chi connectivity index (χ1v) is 8.83. The van der Waals surface area contributed by atoms with Crippen LogP contribution < -0.4 is 9.88 Å². The van der Waals surface area contributed by atoms with Crippen molar-refractivity contribution in [3.63, 3.8) is 0 Å². The Balaban J connectivity index is 1.97. The number of ether oxygens (including phenoxy) is 1. The monoisotopic (exact) mass is 376 g/mol. The van der Waals surface area contributed by atoms with Crippen LogP contribution in [0.4, 0.5) is 0 Å². The fraction of sp³-hybridized carbons (Fsp3) is 0.462. The number of sulfonamides is 1. The molecule has 2 N–H and O–H groups in total. The third-order valence-corrected chi connectivity index (χ3v) is 5.39. The summed E-state index contributed by atoms with van der Waals surface area (Å²) in [7, 11) is -2.06. The summed E-state index contributed by atoms with van der Waals surface area (Å²) >= 11 is 3.41. The van der Waals surface area contributed by atoms with Gasteiger partial charge in [-0.15, -0.1) is 0 Å². The Morgan fingerprint density at radius 3 is 2.71 bits per heavy atom. The fourth-order valence-corrected chi connectivity index (χ4v) is 3.65. The Morgan fingerprint density at radius 2 is 2.19 bits per heavy atom. The first-order chi connectivity index (χ1) is 9.81. The largest absolute Gasteiger partial charge is 0.496 e. The Hall–Kier alpha value is -1.12. The Labute approximate surface area is 132 Å². The number of nitrogens with zero attached hydrogens (tertiary/aromatic N) is 1.